The summed E-state index contributed by atoms with van der Waals surface area (Å²) in [6.45, 7) is 1.55. The number of halogens is 2. The van der Waals surface area contributed by atoms with Crippen molar-refractivity contribution >= 4 is 39.1 Å². The maximum Gasteiger partial charge on any atom is 0.238 e. The maximum atomic E-state index is 11.2. The smallest absolute Gasteiger partial charge is 0.238 e. The number of sulfonamides is 1. The van der Waals surface area contributed by atoms with Gasteiger partial charge in [-0.2, -0.15) is 0 Å². The molecule has 1 amide bonds. The summed E-state index contributed by atoms with van der Waals surface area (Å²) >= 11 is 11.7. The Hall–Kier alpha value is -1.02. The van der Waals surface area contributed by atoms with Crippen LogP contribution in [0.4, 0.5) is 0 Å². The van der Waals surface area contributed by atoms with E-state index in [1.807, 2.05) is 0 Å². The largest absolute Gasteiger partial charge is 0.490 e. The van der Waals surface area contributed by atoms with Gasteiger partial charge >= 0.3 is 0 Å². The number of amides is 1. The molecule has 106 valence electrons. The summed E-state index contributed by atoms with van der Waals surface area (Å²) in [6, 6.07) is 2.24. The fourth-order valence-electron chi connectivity index (χ4n) is 1.13. The lowest BCUT2D eigenvalue weighted by Crippen LogP contribution is -2.25. The molecule has 4 N–H and O–H groups in total. The predicted molar refractivity (Wildman–Crippen MR) is 71.7 cm³/mol. The molecule has 0 bridgehead atoms. The van der Waals surface area contributed by atoms with Crippen LogP contribution in [0.1, 0.15) is 6.92 Å². The molecule has 0 spiro atoms. The minimum atomic E-state index is -3.91. The lowest BCUT2D eigenvalue weighted by atomic mass is 10.2. The summed E-state index contributed by atoms with van der Waals surface area (Å²) in [7, 11) is -3.91. The van der Waals surface area contributed by atoms with Crippen LogP contribution in [0.3, 0.4) is 0 Å². The molecule has 6 nitrogen and oxygen atoms in total. The molecule has 0 radical (unpaired) electrons. The fraction of sp³-hybridized carbons (Fsp3) is 0.300. The molecule has 1 aromatic carbocycles. The Morgan fingerprint density at radius 1 is 1.37 bits per heavy atom. The second-order valence-electron chi connectivity index (χ2n) is 3.88. The van der Waals surface area contributed by atoms with Crippen LogP contribution < -0.4 is 15.6 Å². The van der Waals surface area contributed by atoms with Crippen LogP contribution in [0, 0.1) is 5.92 Å². The Kier molecular flexibility index (Phi) is 5.03. The molecular weight excluding hydrogens is 315 g/mol. The highest BCUT2D eigenvalue weighted by molar-refractivity contribution is 7.89. The molecule has 0 saturated carbocycles. The standard InChI is InChI=1S/C10H12Cl2N2O4S/c1-5(10(13)15)4-18-9-7(11)2-6(3-8(9)12)19(14,16)17/h2-3,5H,4H2,1H3,(H2,13,15)(H2,14,16,17). The quantitative estimate of drug-likeness (QED) is 0.844. The number of hydrogen-bond acceptors (Lipinski definition) is 4. The zero-order valence-corrected chi connectivity index (χ0v) is 12.2. The summed E-state index contributed by atoms with van der Waals surface area (Å²) in [5.41, 5.74) is 5.08. The van der Waals surface area contributed by atoms with Gasteiger partial charge in [-0.05, 0) is 12.1 Å². The van der Waals surface area contributed by atoms with Gasteiger partial charge in [0, 0.05) is 0 Å². The highest BCUT2D eigenvalue weighted by Crippen LogP contribution is 2.35. The highest BCUT2D eigenvalue weighted by Gasteiger charge is 2.17. The number of carbonyl (C=O) groups excluding carboxylic acids is 1. The molecule has 0 heterocycles. The highest BCUT2D eigenvalue weighted by atomic mass is 35.5. The molecule has 0 aliphatic heterocycles. The molecule has 0 aromatic heterocycles. The van der Waals surface area contributed by atoms with Gasteiger partial charge in [-0.15, -0.1) is 0 Å². The third-order valence-corrected chi connectivity index (χ3v) is 3.72. The van der Waals surface area contributed by atoms with Crippen LogP contribution in [0.2, 0.25) is 10.0 Å². The Bertz CT molecular complexity index is 581. The van der Waals surface area contributed by atoms with E-state index in [-0.39, 0.29) is 27.3 Å². The van der Waals surface area contributed by atoms with E-state index in [2.05, 4.69) is 0 Å². The predicted octanol–water partition coefficient (Wildman–Crippen LogP) is 1.14. The lowest BCUT2D eigenvalue weighted by Gasteiger charge is -2.13. The first-order valence-corrected chi connectivity index (χ1v) is 7.37. The molecule has 0 aliphatic rings. The summed E-state index contributed by atoms with van der Waals surface area (Å²) < 4.78 is 27.6. The van der Waals surface area contributed by atoms with Gasteiger partial charge in [0.05, 0.1) is 27.5 Å². The molecule has 9 heteroatoms. The van der Waals surface area contributed by atoms with E-state index in [1.54, 1.807) is 6.92 Å². The Labute approximate surface area is 120 Å². The van der Waals surface area contributed by atoms with E-state index in [1.165, 1.54) is 0 Å². The van der Waals surface area contributed by atoms with Crippen molar-refractivity contribution < 1.29 is 17.9 Å². The first-order valence-electron chi connectivity index (χ1n) is 5.07. The summed E-state index contributed by atoms with van der Waals surface area (Å²) in [5, 5.41) is 4.92. The van der Waals surface area contributed by atoms with Crippen molar-refractivity contribution in [3.63, 3.8) is 0 Å². The van der Waals surface area contributed by atoms with Gasteiger partial charge in [-0.3, -0.25) is 4.79 Å². The third kappa shape index (κ3) is 4.24. The normalized spacial score (nSPS) is 13.1. The SMILES string of the molecule is CC(COc1c(Cl)cc(S(N)(=O)=O)cc1Cl)C(N)=O. The van der Waals surface area contributed by atoms with Crippen molar-refractivity contribution in [2.75, 3.05) is 6.61 Å². The fourth-order valence-corrected chi connectivity index (χ4v) is 2.42. The van der Waals surface area contributed by atoms with E-state index in [0.717, 1.165) is 12.1 Å². The molecular formula is C10H12Cl2N2O4S. The Morgan fingerprint density at radius 3 is 2.21 bits per heavy atom. The van der Waals surface area contributed by atoms with Gasteiger partial charge in [0.15, 0.2) is 5.75 Å². The minimum Gasteiger partial charge on any atom is -0.490 e. The third-order valence-electron chi connectivity index (χ3n) is 2.26. The monoisotopic (exact) mass is 326 g/mol. The van der Waals surface area contributed by atoms with Crippen molar-refractivity contribution in [2.45, 2.75) is 11.8 Å². The number of benzene rings is 1. The minimum absolute atomic E-state index is 0.0202. The topological polar surface area (TPSA) is 112 Å². The van der Waals surface area contributed by atoms with Crippen LogP contribution in [-0.2, 0) is 14.8 Å². The number of carbonyl (C=O) groups is 1. The second-order valence-corrected chi connectivity index (χ2v) is 6.25. The van der Waals surface area contributed by atoms with E-state index >= 15 is 0 Å². The molecule has 0 saturated heterocycles. The number of primary sulfonamides is 1. The zero-order valence-electron chi connectivity index (χ0n) is 9.89. The second kappa shape index (κ2) is 5.96. The van der Waals surface area contributed by atoms with Crippen molar-refractivity contribution in [3.05, 3.63) is 22.2 Å². The number of rotatable bonds is 5. The van der Waals surface area contributed by atoms with Gasteiger partial charge in [0.25, 0.3) is 0 Å². The molecule has 0 aliphatic carbocycles. The summed E-state index contributed by atoms with van der Waals surface area (Å²) in [6.07, 6.45) is 0. The van der Waals surface area contributed by atoms with Crippen molar-refractivity contribution in [1.82, 2.24) is 0 Å². The van der Waals surface area contributed by atoms with Crippen molar-refractivity contribution in [2.24, 2.45) is 16.8 Å². The van der Waals surface area contributed by atoms with E-state index in [4.69, 9.17) is 38.8 Å². The van der Waals surface area contributed by atoms with Gasteiger partial charge < -0.3 is 10.5 Å². The Balaban J connectivity index is 3.02. The van der Waals surface area contributed by atoms with Crippen LogP contribution >= 0.6 is 23.2 Å². The summed E-state index contributed by atoms with van der Waals surface area (Å²) in [4.78, 5) is 10.6. The van der Waals surface area contributed by atoms with Crippen LogP contribution in [0.5, 0.6) is 5.75 Å². The average Bonchev–Trinajstić information content (AvgIpc) is 2.25. The molecule has 1 aromatic rings. The molecule has 19 heavy (non-hydrogen) atoms. The molecule has 0 fully saturated rings. The first-order chi connectivity index (χ1) is 8.62. The van der Waals surface area contributed by atoms with Gasteiger partial charge in [0.2, 0.25) is 15.9 Å². The Morgan fingerprint density at radius 2 is 1.84 bits per heavy atom. The number of nitrogens with two attached hydrogens (primary N) is 2. The average molecular weight is 327 g/mol. The number of hydrogen-bond donors (Lipinski definition) is 2. The maximum absolute atomic E-state index is 11.2. The molecule has 1 unspecified atom stereocenters. The van der Waals surface area contributed by atoms with Gasteiger partial charge in [-0.25, -0.2) is 13.6 Å². The molecule has 1 atom stereocenters. The number of primary amides is 1. The van der Waals surface area contributed by atoms with Crippen LogP contribution in [0.25, 0.3) is 0 Å². The van der Waals surface area contributed by atoms with Crippen LogP contribution in [0.15, 0.2) is 17.0 Å². The van der Waals surface area contributed by atoms with Crippen LogP contribution in [-0.4, -0.2) is 20.9 Å². The zero-order chi connectivity index (χ0) is 14.8. The van der Waals surface area contributed by atoms with E-state index in [9.17, 15) is 13.2 Å². The van der Waals surface area contributed by atoms with Crippen molar-refractivity contribution in [1.29, 1.82) is 0 Å². The van der Waals surface area contributed by atoms with E-state index in [0.29, 0.717) is 0 Å². The summed E-state index contributed by atoms with van der Waals surface area (Å²) in [5.74, 6) is -0.998. The van der Waals surface area contributed by atoms with E-state index < -0.39 is 21.8 Å². The lowest BCUT2D eigenvalue weighted by molar-refractivity contribution is -0.122. The van der Waals surface area contributed by atoms with Gasteiger partial charge in [0.1, 0.15) is 0 Å². The first kappa shape index (κ1) is 16.0. The van der Waals surface area contributed by atoms with Gasteiger partial charge in [-0.1, -0.05) is 30.1 Å². The number of ether oxygens (including phenoxy) is 1. The van der Waals surface area contributed by atoms with Crippen molar-refractivity contribution in [3.8, 4) is 5.75 Å². The molecule has 1 rings (SSSR count).